The van der Waals surface area contributed by atoms with Crippen LogP contribution >= 0.6 is 0 Å². The highest BCUT2D eigenvalue weighted by atomic mass is 32.2. The standard InChI is InChI=1S/C22H32N4O4S/c1-23(19-8-4-2-5-9-19)31(29,30)25-14-12-24(13-15-25)22(28)18-16-21(27)26(17-18)20-10-6-3-7-11-20/h3,6-7,10-11,18-19H,2,4-5,8-9,12-17H2,1H3. The summed E-state index contributed by atoms with van der Waals surface area (Å²) in [5, 5.41) is 0. The molecular weight excluding hydrogens is 416 g/mol. The predicted octanol–water partition coefficient (Wildman–Crippen LogP) is 1.69. The highest BCUT2D eigenvalue weighted by molar-refractivity contribution is 7.86. The summed E-state index contributed by atoms with van der Waals surface area (Å²) in [6.45, 7) is 1.71. The van der Waals surface area contributed by atoms with E-state index >= 15 is 0 Å². The van der Waals surface area contributed by atoms with Crippen LogP contribution in [0.2, 0.25) is 0 Å². The van der Waals surface area contributed by atoms with E-state index < -0.39 is 10.2 Å². The Labute approximate surface area is 185 Å². The smallest absolute Gasteiger partial charge is 0.282 e. The molecule has 0 aromatic heterocycles. The third-order valence-electron chi connectivity index (χ3n) is 6.87. The Morgan fingerprint density at radius 1 is 1.00 bits per heavy atom. The van der Waals surface area contributed by atoms with Crippen molar-refractivity contribution in [2.75, 3.05) is 44.7 Å². The highest BCUT2D eigenvalue weighted by Crippen LogP contribution is 2.28. The van der Waals surface area contributed by atoms with E-state index in [1.165, 1.54) is 15.0 Å². The van der Waals surface area contributed by atoms with Crippen LogP contribution < -0.4 is 4.90 Å². The van der Waals surface area contributed by atoms with Crippen molar-refractivity contribution in [3.63, 3.8) is 0 Å². The number of carbonyl (C=O) groups excluding carboxylic acids is 2. The lowest BCUT2D eigenvalue weighted by molar-refractivity contribution is -0.137. The fourth-order valence-electron chi connectivity index (χ4n) is 4.94. The summed E-state index contributed by atoms with van der Waals surface area (Å²) in [6, 6.07) is 9.47. The van der Waals surface area contributed by atoms with Gasteiger partial charge >= 0.3 is 0 Å². The van der Waals surface area contributed by atoms with Crippen molar-refractivity contribution < 1.29 is 18.0 Å². The van der Waals surface area contributed by atoms with Crippen LogP contribution in [0.3, 0.4) is 0 Å². The normalized spacial score (nSPS) is 24.2. The SMILES string of the molecule is CN(C1CCCCC1)S(=O)(=O)N1CCN(C(=O)C2CC(=O)N(c3ccccc3)C2)CC1. The zero-order valence-electron chi connectivity index (χ0n) is 18.1. The number of hydrogen-bond donors (Lipinski definition) is 0. The summed E-state index contributed by atoms with van der Waals surface area (Å²) in [6.07, 6.45) is 5.37. The summed E-state index contributed by atoms with van der Waals surface area (Å²) in [4.78, 5) is 28.9. The first-order valence-corrected chi connectivity index (χ1v) is 12.6. The van der Waals surface area contributed by atoms with Gasteiger partial charge in [-0.05, 0) is 25.0 Å². The molecule has 3 fully saturated rings. The van der Waals surface area contributed by atoms with E-state index in [0.717, 1.165) is 31.4 Å². The molecular formula is C22H32N4O4S. The first-order valence-electron chi connectivity index (χ1n) is 11.3. The van der Waals surface area contributed by atoms with Gasteiger partial charge in [-0.15, -0.1) is 0 Å². The molecule has 1 aliphatic carbocycles. The lowest BCUT2D eigenvalue weighted by Gasteiger charge is -2.39. The van der Waals surface area contributed by atoms with E-state index in [-0.39, 0.29) is 30.2 Å². The van der Waals surface area contributed by atoms with Crippen LogP contribution in [0, 0.1) is 5.92 Å². The molecule has 0 radical (unpaired) electrons. The van der Waals surface area contributed by atoms with E-state index in [0.29, 0.717) is 32.7 Å². The van der Waals surface area contributed by atoms with Gasteiger partial charge in [-0.3, -0.25) is 9.59 Å². The largest absolute Gasteiger partial charge is 0.340 e. The molecule has 1 aromatic carbocycles. The van der Waals surface area contributed by atoms with Crippen molar-refractivity contribution in [1.82, 2.24) is 13.5 Å². The summed E-state index contributed by atoms with van der Waals surface area (Å²) >= 11 is 0. The third-order valence-corrected chi connectivity index (χ3v) is 8.92. The van der Waals surface area contributed by atoms with Gasteiger partial charge in [0.25, 0.3) is 10.2 Å². The van der Waals surface area contributed by atoms with Crippen molar-refractivity contribution in [3.05, 3.63) is 30.3 Å². The zero-order valence-corrected chi connectivity index (χ0v) is 19.0. The second-order valence-electron chi connectivity index (χ2n) is 8.78. The molecule has 31 heavy (non-hydrogen) atoms. The van der Waals surface area contributed by atoms with E-state index in [1.54, 1.807) is 16.8 Å². The van der Waals surface area contributed by atoms with E-state index in [1.807, 2.05) is 30.3 Å². The second kappa shape index (κ2) is 9.26. The fraction of sp³-hybridized carbons (Fsp3) is 0.636. The maximum Gasteiger partial charge on any atom is 0.282 e. The Bertz CT molecular complexity index is 893. The number of hydrogen-bond acceptors (Lipinski definition) is 4. The van der Waals surface area contributed by atoms with Gasteiger partial charge in [0, 0.05) is 57.9 Å². The van der Waals surface area contributed by atoms with Crippen LogP contribution in [-0.2, 0) is 19.8 Å². The first-order chi connectivity index (χ1) is 14.9. The molecule has 8 nitrogen and oxygen atoms in total. The summed E-state index contributed by atoms with van der Waals surface area (Å²) in [5.74, 6) is -0.467. The average Bonchev–Trinajstić information content (AvgIpc) is 3.21. The van der Waals surface area contributed by atoms with Crippen LogP contribution in [-0.4, -0.2) is 79.6 Å². The van der Waals surface area contributed by atoms with Gasteiger partial charge in [0.2, 0.25) is 11.8 Å². The number of nitrogens with zero attached hydrogens (tertiary/aromatic N) is 4. The predicted molar refractivity (Wildman–Crippen MR) is 119 cm³/mol. The molecule has 4 rings (SSSR count). The maximum atomic E-state index is 13.1. The van der Waals surface area contributed by atoms with Crippen LogP contribution in [0.25, 0.3) is 0 Å². The van der Waals surface area contributed by atoms with Gasteiger partial charge < -0.3 is 9.80 Å². The second-order valence-corrected chi connectivity index (χ2v) is 10.8. The molecule has 0 bridgehead atoms. The zero-order chi connectivity index (χ0) is 22.0. The van der Waals surface area contributed by atoms with Crippen LogP contribution in [0.15, 0.2) is 30.3 Å². The molecule has 2 amide bonds. The van der Waals surface area contributed by atoms with Crippen molar-refractivity contribution in [2.24, 2.45) is 5.92 Å². The molecule has 1 unspecified atom stereocenters. The summed E-state index contributed by atoms with van der Waals surface area (Å²) in [5.41, 5.74) is 0.810. The first kappa shape index (κ1) is 22.2. The Morgan fingerprint density at radius 3 is 2.29 bits per heavy atom. The van der Waals surface area contributed by atoms with Gasteiger partial charge in [-0.2, -0.15) is 17.0 Å². The average molecular weight is 449 g/mol. The number of benzene rings is 1. The molecule has 1 aromatic rings. The van der Waals surface area contributed by atoms with Crippen molar-refractivity contribution in [3.8, 4) is 0 Å². The molecule has 170 valence electrons. The molecule has 9 heteroatoms. The number of para-hydroxylation sites is 1. The lowest BCUT2D eigenvalue weighted by Crippen LogP contribution is -2.56. The van der Waals surface area contributed by atoms with Crippen LogP contribution in [0.1, 0.15) is 38.5 Å². The fourth-order valence-corrected chi connectivity index (χ4v) is 6.52. The molecule has 0 N–H and O–H groups in total. The van der Waals surface area contributed by atoms with E-state index in [9.17, 15) is 18.0 Å². The van der Waals surface area contributed by atoms with E-state index in [2.05, 4.69) is 0 Å². The number of piperazine rings is 1. The summed E-state index contributed by atoms with van der Waals surface area (Å²) in [7, 11) is -1.83. The Morgan fingerprint density at radius 2 is 1.65 bits per heavy atom. The third kappa shape index (κ3) is 4.63. The number of anilines is 1. The highest BCUT2D eigenvalue weighted by Gasteiger charge is 2.40. The molecule has 1 atom stereocenters. The van der Waals surface area contributed by atoms with Crippen molar-refractivity contribution in [2.45, 2.75) is 44.6 Å². The Hall–Kier alpha value is -1.97. The quantitative estimate of drug-likeness (QED) is 0.687. The topological polar surface area (TPSA) is 81.2 Å². The number of carbonyl (C=O) groups is 2. The Kier molecular flexibility index (Phi) is 6.64. The minimum atomic E-state index is -3.52. The molecule has 3 aliphatic rings. The molecule has 2 heterocycles. The lowest BCUT2D eigenvalue weighted by atomic mass is 9.96. The number of rotatable bonds is 5. The van der Waals surface area contributed by atoms with Gasteiger partial charge in [0.05, 0.1) is 5.92 Å². The van der Waals surface area contributed by atoms with E-state index in [4.69, 9.17) is 0 Å². The van der Waals surface area contributed by atoms with Crippen molar-refractivity contribution in [1.29, 1.82) is 0 Å². The maximum absolute atomic E-state index is 13.1. The van der Waals surface area contributed by atoms with Gasteiger partial charge in [0.15, 0.2) is 0 Å². The summed E-state index contributed by atoms with van der Waals surface area (Å²) < 4.78 is 29.2. The van der Waals surface area contributed by atoms with Crippen LogP contribution in [0.4, 0.5) is 5.69 Å². The minimum Gasteiger partial charge on any atom is -0.340 e. The Balaban J connectivity index is 1.33. The minimum absolute atomic E-state index is 0.0418. The van der Waals surface area contributed by atoms with Gasteiger partial charge in [-0.25, -0.2) is 0 Å². The molecule has 0 spiro atoms. The van der Waals surface area contributed by atoms with Gasteiger partial charge in [0.1, 0.15) is 0 Å². The molecule has 2 saturated heterocycles. The monoisotopic (exact) mass is 448 g/mol. The molecule has 2 aliphatic heterocycles. The number of amides is 2. The van der Waals surface area contributed by atoms with Crippen LogP contribution in [0.5, 0.6) is 0 Å². The van der Waals surface area contributed by atoms with Crippen molar-refractivity contribution >= 4 is 27.7 Å². The molecule has 1 saturated carbocycles. The van der Waals surface area contributed by atoms with Gasteiger partial charge in [-0.1, -0.05) is 37.5 Å².